The number of imide groups is 1. The number of rotatable bonds is 4. The SMILES string of the molecule is CCSC1=C(c2ccc(Cl)cc2)C(=O)N(c2ccc(C)c(C)c2)C1=O. The van der Waals surface area contributed by atoms with Crippen LogP contribution in [0.2, 0.25) is 5.02 Å². The average Bonchev–Trinajstić information content (AvgIpc) is 2.82. The summed E-state index contributed by atoms with van der Waals surface area (Å²) in [5.41, 5.74) is 3.94. The second-order valence-electron chi connectivity index (χ2n) is 5.86. The average molecular weight is 372 g/mol. The third-order valence-corrected chi connectivity index (χ3v) is 5.42. The summed E-state index contributed by atoms with van der Waals surface area (Å²) in [6, 6.07) is 12.6. The highest BCUT2D eigenvalue weighted by molar-refractivity contribution is 8.04. The molecule has 0 aliphatic carbocycles. The van der Waals surface area contributed by atoms with Crippen molar-refractivity contribution in [1.82, 2.24) is 0 Å². The van der Waals surface area contributed by atoms with E-state index < -0.39 is 0 Å². The van der Waals surface area contributed by atoms with Crippen LogP contribution in [0.1, 0.15) is 23.6 Å². The van der Waals surface area contributed by atoms with E-state index in [9.17, 15) is 9.59 Å². The van der Waals surface area contributed by atoms with Crippen LogP contribution in [0.15, 0.2) is 47.4 Å². The predicted molar refractivity (Wildman–Crippen MR) is 105 cm³/mol. The quantitative estimate of drug-likeness (QED) is 0.710. The van der Waals surface area contributed by atoms with E-state index in [2.05, 4.69) is 0 Å². The molecule has 1 heterocycles. The molecule has 2 amide bonds. The van der Waals surface area contributed by atoms with Gasteiger partial charge in [-0.3, -0.25) is 9.59 Å². The minimum Gasteiger partial charge on any atom is -0.268 e. The number of nitrogens with zero attached hydrogens (tertiary/aromatic N) is 1. The van der Waals surface area contributed by atoms with Gasteiger partial charge < -0.3 is 0 Å². The molecule has 1 aliphatic heterocycles. The van der Waals surface area contributed by atoms with Crippen LogP contribution >= 0.6 is 23.4 Å². The molecule has 0 saturated carbocycles. The van der Waals surface area contributed by atoms with E-state index in [0.29, 0.717) is 32.5 Å². The van der Waals surface area contributed by atoms with E-state index in [1.165, 1.54) is 16.7 Å². The summed E-state index contributed by atoms with van der Waals surface area (Å²) in [5, 5.41) is 0.594. The fourth-order valence-corrected chi connectivity index (χ4v) is 3.74. The number of halogens is 1. The van der Waals surface area contributed by atoms with Gasteiger partial charge in [0, 0.05) is 5.02 Å². The maximum atomic E-state index is 13.1. The first kappa shape index (κ1) is 17.8. The molecule has 3 rings (SSSR count). The Morgan fingerprint density at radius 1 is 0.960 bits per heavy atom. The third kappa shape index (κ3) is 3.24. The van der Waals surface area contributed by atoms with Crippen molar-refractivity contribution in [1.29, 1.82) is 0 Å². The molecule has 1 aliphatic rings. The first-order valence-corrected chi connectivity index (χ1v) is 9.39. The van der Waals surface area contributed by atoms with Crippen LogP contribution in [0.3, 0.4) is 0 Å². The topological polar surface area (TPSA) is 37.4 Å². The van der Waals surface area contributed by atoms with Gasteiger partial charge in [-0.15, -0.1) is 11.8 Å². The van der Waals surface area contributed by atoms with Gasteiger partial charge in [-0.25, -0.2) is 4.90 Å². The number of thioether (sulfide) groups is 1. The number of hydrogen-bond donors (Lipinski definition) is 0. The lowest BCUT2D eigenvalue weighted by atomic mass is 10.1. The number of aryl methyl sites for hydroxylation is 2. The zero-order chi connectivity index (χ0) is 18.1. The van der Waals surface area contributed by atoms with E-state index >= 15 is 0 Å². The molecule has 0 N–H and O–H groups in total. The molecule has 0 spiro atoms. The zero-order valence-corrected chi connectivity index (χ0v) is 15.9. The molecule has 5 heteroatoms. The van der Waals surface area contributed by atoms with Crippen molar-refractivity contribution in [2.45, 2.75) is 20.8 Å². The molecule has 0 radical (unpaired) electrons. The van der Waals surface area contributed by atoms with Gasteiger partial charge >= 0.3 is 0 Å². The Morgan fingerprint density at radius 3 is 2.24 bits per heavy atom. The van der Waals surface area contributed by atoms with Crippen molar-refractivity contribution in [2.24, 2.45) is 0 Å². The minimum atomic E-state index is -0.286. The molecule has 2 aromatic carbocycles. The summed E-state index contributed by atoms with van der Waals surface area (Å²) < 4.78 is 0. The second-order valence-corrected chi connectivity index (χ2v) is 7.57. The van der Waals surface area contributed by atoms with Crippen molar-refractivity contribution in [3.63, 3.8) is 0 Å². The van der Waals surface area contributed by atoms with Crippen LogP contribution in [-0.2, 0) is 9.59 Å². The van der Waals surface area contributed by atoms with Crippen molar-refractivity contribution >= 4 is 46.4 Å². The van der Waals surface area contributed by atoms with E-state index in [4.69, 9.17) is 11.6 Å². The predicted octanol–water partition coefficient (Wildman–Crippen LogP) is 4.99. The van der Waals surface area contributed by atoms with E-state index in [1.54, 1.807) is 24.3 Å². The normalized spacial score (nSPS) is 14.6. The highest BCUT2D eigenvalue weighted by Gasteiger charge is 2.39. The molecule has 25 heavy (non-hydrogen) atoms. The molecule has 0 bridgehead atoms. The van der Waals surface area contributed by atoms with E-state index in [0.717, 1.165) is 11.1 Å². The van der Waals surface area contributed by atoms with Gasteiger partial charge in [0.05, 0.1) is 16.2 Å². The van der Waals surface area contributed by atoms with Crippen molar-refractivity contribution < 1.29 is 9.59 Å². The van der Waals surface area contributed by atoms with Gasteiger partial charge in [0.2, 0.25) is 0 Å². The molecule has 0 unspecified atom stereocenters. The zero-order valence-electron chi connectivity index (χ0n) is 14.3. The van der Waals surface area contributed by atoms with Crippen molar-refractivity contribution in [2.75, 3.05) is 10.7 Å². The van der Waals surface area contributed by atoms with Crippen LogP contribution in [0.5, 0.6) is 0 Å². The maximum absolute atomic E-state index is 13.1. The summed E-state index contributed by atoms with van der Waals surface area (Å²) in [4.78, 5) is 27.8. The third-order valence-electron chi connectivity index (χ3n) is 4.21. The smallest absolute Gasteiger partial charge is 0.268 e. The van der Waals surface area contributed by atoms with Crippen LogP contribution in [0, 0.1) is 13.8 Å². The van der Waals surface area contributed by atoms with Crippen LogP contribution in [0.25, 0.3) is 5.57 Å². The standard InChI is InChI=1S/C20H18ClNO2S/c1-4-25-18-17(14-6-8-15(21)9-7-14)19(23)22(20(18)24)16-10-5-12(2)13(3)11-16/h5-11H,4H2,1-3H3. The first-order chi connectivity index (χ1) is 11.9. The lowest BCUT2D eigenvalue weighted by molar-refractivity contribution is -0.119. The highest BCUT2D eigenvalue weighted by Crippen LogP contribution is 2.38. The summed E-state index contributed by atoms with van der Waals surface area (Å²) in [6.07, 6.45) is 0. The number of hydrogen-bond acceptors (Lipinski definition) is 3. The Hall–Kier alpha value is -2.04. The fraction of sp³-hybridized carbons (Fsp3) is 0.200. The first-order valence-electron chi connectivity index (χ1n) is 8.03. The van der Waals surface area contributed by atoms with Gasteiger partial charge in [-0.1, -0.05) is 36.7 Å². The van der Waals surface area contributed by atoms with Crippen molar-refractivity contribution in [3.05, 3.63) is 69.1 Å². The Kier molecular flexibility index (Phi) is 5.02. The fourth-order valence-electron chi connectivity index (χ4n) is 2.76. The number of anilines is 1. The maximum Gasteiger partial charge on any atom is 0.272 e. The summed E-state index contributed by atoms with van der Waals surface area (Å²) in [6.45, 7) is 5.94. The lowest BCUT2D eigenvalue weighted by Crippen LogP contribution is -2.31. The highest BCUT2D eigenvalue weighted by atomic mass is 35.5. The monoisotopic (exact) mass is 371 g/mol. The molecular weight excluding hydrogens is 354 g/mol. The molecule has 128 valence electrons. The van der Waals surface area contributed by atoms with E-state index in [-0.39, 0.29) is 11.8 Å². The Morgan fingerprint density at radius 2 is 1.64 bits per heavy atom. The van der Waals surface area contributed by atoms with Crippen LogP contribution in [0.4, 0.5) is 5.69 Å². The number of amides is 2. The number of benzene rings is 2. The number of carbonyl (C=O) groups excluding carboxylic acids is 2. The van der Waals surface area contributed by atoms with Gasteiger partial charge in [0.15, 0.2) is 0 Å². The molecule has 0 saturated heterocycles. The molecule has 0 atom stereocenters. The summed E-state index contributed by atoms with van der Waals surface area (Å²) in [7, 11) is 0. The molecule has 3 nitrogen and oxygen atoms in total. The van der Waals surface area contributed by atoms with E-state index in [1.807, 2.05) is 39.0 Å². The van der Waals surface area contributed by atoms with Crippen molar-refractivity contribution in [3.8, 4) is 0 Å². The van der Waals surface area contributed by atoms with Crippen LogP contribution in [-0.4, -0.2) is 17.6 Å². The molecule has 0 aromatic heterocycles. The Labute approximate surface area is 156 Å². The summed E-state index contributed by atoms with van der Waals surface area (Å²) in [5.74, 6) is 0.170. The molecule has 0 fully saturated rings. The number of carbonyl (C=O) groups is 2. The van der Waals surface area contributed by atoms with Crippen LogP contribution < -0.4 is 4.90 Å². The Balaban J connectivity index is 2.09. The lowest BCUT2D eigenvalue weighted by Gasteiger charge is -2.16. The Bertz CT molecular complexity index is 887. The van der Waals surface area contributed by atoms with Gasteiger partial charge in [0.1, 0.15) is 0 Å². The molecule has 2 aromatic rings. The van der Waals surface area contributed by atoms with Gasteiger partial charge in [-0.05, 0) is 60.6 Å². The van der Waals surface area contributed by atoms with Gasteiger partial charge in [-0.2, -0.15) is 0 Å². The second kappa shape index (κ2) is 7.06. The molecular formula is C20H18ClNO2S. The summed E-state index contributed by atoms with van der Waals surface area (Å²) >= 11 is 7.35. The van der Waals surface area contributed by atoms with Gasteiger partial charge in [0.25, 0.3) is 11.8 Å². The minimum absolute atomic E-state index is 0.259. The largest absolute Gasteiger partial charge is 0.272 e.